The van der Waals surface area contributed by atoms with Gasteiger partial charge < -0.3 is 9.88 Å². The smallest absolute Gasteiger partial charge is 0.263 e. The number of anilines is 2. The maximum atomic E-state index is 12.3. The number of nitrogens with one attached hydrogen (secondary N) is 2. The molecule has 0 saturated carbocycles. The van der Waals surface area contributed by atoms with Crippen LogP contribution in [-0.4, -0.2) is 23.9 Å². The van der Waals surface area contributed by atoms with Crippen molar-refractivity contribution < 1.29 is 13.2 Å². The van der Waals surface area contributed by atoms with Gasteiger partial charge in [-0.3, -0.25) is 9.52 Å². The van der Waals surface area contributed by atoms with Gasteiger partial charge in [0.05, 0.1) is 4.90 Å². The summed E-state index contributed by atoms with van der Waals surface area (Å²) in [5, 5.41) is 5.84. The first-order chi connectivity index (χ1) is 13.5. The fraction of sp³-hybridized carbons (Fsp3) is 0.0526. The largest absolute Gasteiger partial charge is 0.338 e. The van der Waals surface area contributed by atoms with Crippen molar-refractivity contribution in [1.82, 2.24) is 9.55 Å². The Morgan fingerprint density at radius 3 is 2.61 bits per heavy atom. The van der Waals surface area contributed by atoms with E-state index in [9.17, 15) is 13.2 Å². The molecule has 28 heavy (non-hydrogen) atoms. The summed E-state index contributed by atoms with van der Waals surface area (Å²) in [5.74, 6) is -0.196. The molecule has 0 aliphatic carbocycles. The Morgan fingerprint density at radius 2 is 1.86 bits per heavy atom. The predicted molar refractivity (Wildman–Crippen MR) is 110 cm³/mol. The Kier molecular flexibility index (Phi) is 4.84. The molecule has 0 radical (unpaired) electrons. The lowest BCUT2D eigenvalue weighted by atomic mass is 10.2. The Bertz CT molecular complexity index is 1210. The lowest BCUT2D eigenvalue weighted by Gasteiger charge is -2.09. The van der Waals surface area contributed by atoms with Crippen LogP contribution in [0.4, 0.5) is 10.8 Å². The van der Waals surface area contributed by atoms with Crippen LogP contribution in [0, 0.1) is 0 Å². The first-order valence-electron chi connectivity index (χ1n) is 8.37. The summed E-state index contributed by atoms with van der Waals surface area (Å²) in [7, 11) is -3.71. The fourth-order valence-electron chi connectivity index (χ4n) is 2.80. The van der Waals surface area contributed by atoms with Crippen LogP contribution >= 0.6 is 11.3 Å². The number of rotatable bonds is 6. The molecular formula is C19H16N4O3S2. The van der Waals surface area contributed by atoms with E-state index in [1.165, 1.54) is 29.7 Å². The molecule has 142 valence electrons. The summed E-state index contributed by atoms with van der Waals surface area (Å²) in [6, 6.07) is 15.8. The number of carbonyl (C=O) groups is 1. The van der Waals surface area contributed by atoms with E-state index in [1.54, 1.807) is 17.5 Å². The third-order valence-corrected chi connectivity index (χ3v) is 6.27. The van der Waals surface area contributed by atoms with Crippen molar-refractivity contribution in [3.8, 4) is 0 Å². The molecule has 4 aromatic rings. The van der Waals surface area contributed by atoms with E-state index in [0.717, 1.165) is 10.9 Å². The van der Waals surface area contributed by atoms with Crippen LogP contribution in [0.25, 0.3) is 10.9 Å². The number of hydrogen-bond donors (Lipinski definition) is 2. The molecule has 0 atom stereocenters. The van der Waals surface area contributed by atoms with Crippen LogP contribution in [0.5, 0.6) is 0 Å². The number of fused-ring (bicyclic) bond motifs is 1. The van der Waals surface area contributed by atoms with Gasteiger partial charge in [-0.1, -0.05) is 18.2 Å². The zero-order valence-corrected chi connectivity index (χ0v) is 16.2. The highest BCUT2D eigenvalue weighted by molar-refractivity contribution is 7.93. The Balaban J connectivity index is 1.43. The number of para-hydroxylation sites is 1. The van der Waals surface area contributed by atoms with Crippen LogP contribution in [0.1, 0.15) is 0 Å². The number of sulfonamides is 1. The Hall–Kier alpha value is -3.17. The molecule has 2 heterocycles. The highest BCUT2D eigenvalue weighted by Crippen LogP contribution is 2.20. The molecule has 0 unspecified atom stereocenters. The molecular weight excluding hydrogens is 396 g/mol. The lowest BCUT2D eigenvalue weighted by Crippen LogP contribution is -2.18. The number of aromatic nitrogens is 2. The van der Waals surface area contributed by atoms with Crippen LogP contribution in [0.3, 0.4) is 0 Å². The minimum Gasteiger partial charge on any atom is -0.338 e. The molecule has 0 spiro atoms. The van der Waals surface area contributed by atoms with Gasteiger partial charge in [-0.05, 0) is 41.8 Å². The van der Waals surface area contributed by atoms with Crippen molar-refractivity contribution in [2.45, 2.75) is 11.4 Å². The van der Waals surface area contributed by atoms with E-state index in [0.29, 0.717) is 10.8 Å². The van der Waals surface area contributed by atoms with E-state index >= 15 is 0 Å². The standard InChI is InChI=1S/C19H16N4O3S2/c24-18(13-23-11-9-14-3-1-2-4-17(14)23)21-15-5-7-16(8-6-15)28(25,26)22-19-20-10-12-27-19/h1-12H,13H2,(H,20,22)(H,21,24). The first-order valence-corrected chi connectivity index (χ1v) is 10.7. The molecule has 2 N–H and O–H groups in total. The summed E-state index contributed by atoms with van der Waals surface area (Å²) in [6.45, 7) is 0.166. The molecule has 0 bridgehead atoms. The topological polar surface area (TPSA) is 93.1 Å². The second kappa shape index (κ2) is 7.45. The molecule has 2 aromatic carbocycles. The van der Waals surface area contributed by atoms with Crippen LogP contribution < -0.4 is 10.0 Å². The van der Waals surface area contributed by atoms with Crippen LogP contribution in [0.2, 0.25) is 0 Å². The molecule has 0 fully saturated rings. The number of thiazole rings is 1. The van der Waals surface area contributed by atoms with Crippen molar-refractivity contribution in [2.75, 3.05) is 10.0 Å². The molecule has 7 nitrogen and oxygen atoms in total. The predicted octanol–water partition coefficient (Wildman–Crippen LogP) is 3.54. The highest BCUT2D eigenvalue weighted by atomic mass is 32.2. The van der Waals surface area contributed by atoms with E-state index in [-0.39, 0.29) is 17.3 Å². The average Bonchev–Trinajstić information content (AvgIpc) is 3.32. The summed E-state index contributed by atoms with van der Waals surface area (Å²) in [5.41, 5.74) is 1.50. The molecule has 0 aliphatic rings. The van der Waals surface area contributed by atoms with E-state index in [1.807, 2.05) is 41.1 Å². The zero-order chi connectivity index (χ0) is 19.6. The van der Waals surface area contributed by atoms with Gasteiger partial charge in [0.1, 0.15) is 6.54 Å². The van der Waals surface area contributed by atoms with Crippen molar-refractivity contribution in [3.63, 3.8) is 0 Å². The van der Waals surface area contributed by atoms with E-state index in [2.05, 4.69) is 15.0 Å². The van der Waals surface area contributed by atoms with Gasteiger partial charge in [0.25, 0.3) is 10.0 Å². The zero-order valence-electron chi connectivity index (χ0n) is 14.6. The van der Waals surface area contributed by atoms with Crippen molar-refractivity contribution >= 4 is 49.0 Å². The van der Waals surface area contributed by atoms with Gasteiger partial charge in [0.15, 0.2) is 5.13 Å². The maximum Gasteiger partial charge on any atom is 0.263 e. The monoisotopic (exact) mass is 412 g/mol. The van der Waals surface area contributed by atoms with Gasteiger partial charge in [0, 0.05) is 29.0 Å². The van der Waals surface area contributed by atoms with Crippen molar-refractivity contribution in [3.05, 3.63) is 72.4 Å². The molecule has 1 amide bonds. The number of hydrogen-bond acceptors (Lipinski definition) is 5. The fourth-order valence-corrected chi connectivity index (χ4v) is 4.59. The van der Waals surface area contributed by atoms with Gasteiger partial charge in [0.2, 0.25) is 5.91 Å². The van der Waals surface area contributed by atoms with Gasteiger partial charge in [-0.25, -0.2) is 13.4 Å². The molecule has 2 aromatic heterocycles. The van der Waals surface area contributed by atoms with Crippen molar-refractivity contribution in [2.24, 2.45) is 0 Å². The van der Waals surface area contributed by atoms with Crippen LogP contribution in [0.15, 0.2) is 77.3 Å². The SMILES string of the molecule is O=C(Cn1ccc2ccccc21)Nc1ccc(S(=O)(=O)Nc2nccs2)cc1. The van der Waals surface area contributed by atoms with Crippen molar-refractivity contribution in [1.29, 1.82) is 0 Å². The molecule has 9 heteroatoms. The number of benzene rings is 2. The molecule has 0 saturated heterocycles. The quantitative estimate of drug-likeness (QED) is 0.507. The van der Waals surface area contributed by atoms with Gasteiger partial charge in [-0.15, -0.1) is 11.3 Å². The Morgan fingerprint density at radius 1 is 1.07 bits per heavy atom. The minimum atomic E-state index is -3.71. The molecule has 4 rings (SSSR count). The first kappa shape index (κ1) is 18.2. The molecule has 0 aliphatic heterocycles. The Labute approximate surface area is 165 Å². The van der Waals surface area contributed by atoms with E-state index < -0.39 is 10.0 Å². The normalized spacial score (nSPS) is 11.4. The summed E-state index contributed by atoms with van der Waals surface area (Å²) < 4.78 is 28.9. The summed E-state index contributed by atoms with van der Waals surface area (Å²) in [4.78, 5) is 16.4. The number of carbonyl (C=O) groups excluding carboxylic acids is 1. The summed E-state index contributed by atoms with van der Waals surface area (Å²) in [6.07, 6.45) is 3.39. The maximum absolute atomic E-state index is 12.3. The second-order valence-electron chi connectivity index (χ2n) is 6.02. The van der Waals surface area contributed by atoms with Gasteiger partial charge >= 0.3 is 0 Å². The van der Waals surface area contributed by atoms with Crippen LogP contribution in [-0.2, 0) is 21.4 Å². The number of nitrogens with zero attached hydrogens (tertiary/aromatic N) is 2. The lowest BCUT2D eigenvalue weighted by molar-refractivity contribution is -0.116. The third-order valence-electron chi connectivity index (χ3n) is 4.10. The average molecular weight is 412 g/mol. The highest BCUT2D eigenvalue weighted by Gasteiger charge is 2.15. The number of amides is 1. The second-order valence-corrected chi connectivity index (χ2v) is 8.59. The van der Waals surface area contributed by atoms with E-state index in [4.69, 9.17) is 0 Å². The van der Waals surface area contributed by atoms with Gasteiger partial charge in [-0.2, -0.15) is 0 Å². The summed E-state index contributed by atoms with van der Waals surface area (Å²) >= 11 is 1.20. The third kappa shape index (κ3) is 3.90. The minimum absolute atomic E-state index is 0.0945.